The molecule has 43 heavy (non-hydrogen) atoms. The molecule has 8 nitrogen and oxygen atoms in total. The average Bonchev–Trinajstić information content (AvgIpc) is 3.35. The molecule has 0 fully saturated rings. The molecule has 0 aliphatic heterocycles. The van der Waals surface area contributed by atoms with Crippen LogP contribution in [0.25, 0.3) is 27.8 Å². The highest BCUT2D eigenvalue weighted by Crippen LogP contribution is 2.36. The summed E-state index contributed by atoms with van der Waals surface area (Å²) < 4.78 is 64.2. The number of hydrogen-bond acceptors (Lipinski definition) is 5. The van der Waals surface area contributed by atoms with Crippen LogP contribution in [-0.4, -0.2) is 25.0 Å². The number of rotatable bonds is 5. The molecule has 6 aromatic rings. The van der Waals surface area contributed by atoms with E-state index in [1.165, 1.54) is 36.7 Å². The maximum atomic E-state index is 15.1. The fourth-order valence-electron chi connectivity index (χ4n) is 4.62. The standard InChI is InChI=1S/C30H18ClF4N5O3/c1-39-12-9-19-24(8-11-37-27(19)39)43-25-7-4-17(14-23(25)32)38-28(41)20-13-16-3-2-10-36-26(16)40(29(20)42)18-5-6-22(31)21(15-18)30(33,34)35/h2-15H,1H3,(H,38,41). The molecule has 1 amide bonds. The monoisotopic (exact) mass is 607 g/mol. The maximum Gasteiger partial charge on any atom is 0.417 e. The Morgan fingerprint density at radius 2 is 1.74 bits per heavy atom. The van der Waals surface area contributed by atoms with Gasteiger partial charge in [-0.3, -0.25) is 14.2 Å². The lowest BCUT2D eigenvalue weighted by atomic mass is 10.1. The summed E-state index contributed by atoms with van der Waals surface area (Å²) in [4.78, 5) is 35.2. The van der Waals surface area contributed by atoms with Crippen molar-refractivity contribution in [2.75, 3.05) is 5.32 Å². The van der Waals surface area contributed by atoms with E-state index >= 15 is 4.39 Å². The van der Waals surface area contributed by atoms with Crippen LogP contribution < -0.4 is 15.6 Å². The van der Waals surface area contributed by atoms with Gasteiger partial charge in [0, 0.05) is 42.8 Å². The first kappa shape index (κ1) is 27.9. The van der Waals surface area contributed by atoms with E-state index in [2.05, 4.69) is 15.3 Å². The van der Waals surface area contributed by atoms with Gasteiger partial charge in [0.1, 0.15) is 22.6 Å². The van der Waals surface area contributed by atoms with Crippen LogP contribution >= 0.6 is 11.6 Å². The highest BCUT2D eigenvalue weighted by Gasteiger charge is 2.34. The van der Waals surface area contributed by atoms with E-state index in [1.807, 2.05) is 7.05 Å². The van der Waals surface area contributed by atoms with Gasteiger partial charge in [-0.15, -0.1) is 0 Å². The van der Waals surface area contributed by atoms with Crippen LogP contribution in [0.5, 0.6) is 11.5 Å². The number of hydrogen-bond donors (Lipinski definition) is 1. The van der Waals surface area contributed by atoms with E-state index in [0.717, 1.165) is 16.7 Å². The predicted octanol–water partition coefficient (Wildman–Crippen LogP) is 7.13. The molecule has 0 saturated heterocycles. The highest BCUT2D eigenvalue weighted by molar-refractivity contribution is 6.31. The van der Waals surface area contributed by atoms with Gasteiger partial charge in [-0.1, -0.05) is 11.6 Å². The van der Waals surface area contributed by atoms with E-state index in [9.17, 15) is 22.8 Å². The summed E-state index contributed by atoms with van der Waals surface area (Å²) in [7, 11) is 1.81. The summed E-state index contributed by atoms with van der Waals surface area (Å²) in [5.74, 6) is -1.44. The Labute approximate surface area is 244 Å². The van der Waals surface area contributed by atoms with Crippen LogP contribution in [0, 0.1) is 5.82 Å². The molecule has 216 valence electrons. The third kappa shape index (κ3) is 5.17. The normalized spacial score (nSPS) is 11.7. The fraction of sp³-hybridized carbons (Fsp3) is 0.0667. The number of alkyl halides is 3. The molecule has 13 heteroatoms. The molecular weight excluding hydrogens is 590 g/mol. The average molecular weight is 608 g/mol. The van der Waals surface area contributed by atoms with E-state index in [4.69, 9.17) is 16.3 Å². The van der Waals surface area contributed by atoms with Crippen molar-refractivity contribution < 1.29 is 27.1 Å². The van der Waals surface area contributed by atoms with Crippen molar-refractivity contribution in [1.29, 1.82) is 0 Å². The summed E-state index contributed by atoms with van der Waals surface area (Å²) in [6.45, 7) is 0. The van der Waals surface area contributed by atoms with Gasteiger partial charge < -0.3 is 14.6 Å². The zero-order valence-corrected chi connectivity index (χ0v) is 22.7. The second-order valence-corrected chi connectivity index (χ2v) is 9.86. The molecule has 0 atom stereocenters. The van der Waals surface area contributed by atoms with E-state index in [1.54, 1.807) is 35.0 Å². The van der Waals surface area contributed by atoms with Gasteiger partial charge in [0.2, 0.25) is 0 Å². The lowest BCUT2D eigenvalue weighted by Crippen LogP contribution is -2.29. The van der Waals surface area contributed by atoms with Crippen LogP contribution in [0.4, 0.5) is 23.2 Å². The number of carbonyl (C=O) groups is 1. The number of pyridine rings is 3. The van der Waals surface area contributed by atoms with Crippen molar-refractivity contribution in [2.24, 2.45) is 7.05 Å². The second kappa shape index (κ2) is 10.6. The minimum atomic E-state index is -4.79. The van der Waals surface area contributed by atoms with Crippen molar-refractivity contribution in [3.8, 4) is 17.2 Å². The first-order chi connectivity index (χ1) is 20.5. The molecule has 0 spiro atoms. The van der Waals surface area contributed by atoms with Crippen molar-refractivity contribution in [1.82, 2.24) is 19.1 Å². The maximum absolute atomic E-state index is 15.1. The first-order valence-electron chi connectivity index (χ1n) is 12.6. The summed E-state index contributed by atoms with van der Waals surface area (Å²) >= 11 is 5.76. The molecule has 1 N–H and O–H groups in total. The van der Waals surface area contributed by atoms with Gasteiger partial charge in [-0.05, 0) is 60.7 Å². The molecule has 4 aromatic heterocycles. The molecule has 0 aliphatic rings. The first-order valence-corrected chi connectivity index (χ1v) is 13.0. The third-order valence-electron chi connectivity index (χ3n) is 6.66. The van der Waals surface area contributed by atoms with Crippen molar-refractivity contribution >= 4 is 45.3 Å². The Bertz CT molecular complexity index is 2120. The molecule has 0 unspecified atom stereocenters. The van der Waals surface area contributed by atoms with Crippen molar-refractivity contribution in [3.63, 3.8) is 0 Å². The topological polar surface area (TPSA) is 91.0 Å². The van der Waals surface area contributed by atoms with Gasteiger partial charge in [0.15, 0.2) is 11.6 Å². The number of aryl methyl sites for hydroxylation is 1. The molecular formula is C30H18ClF4N5O3. The number of amides is 1. The van der Waals surface area contributed by atoms with E-state index < -0.39 is 39.6 Å². The Morgan fingerprint density at radius 1 is 0.953 bits per heavy atom. The minimum Gasteiger partial charge on any atom is -0.453 e. The SMILES string of the molecule is Cn1ccc2c(Oc3ccc(NC(=O)c4cc5cccnc5n(-c5ccc(Cl)c(C(F)(F)F)c5)c4=O)cc3F)ccnc21. The highest BCUT2D eigenvalue weighted by atomic mass is 35.5. The Balaban J connectivity index is 1.34. The van der Waals surface area contributed by atoms with Crippen LogP contribution in [0.1, 0.15) is 15.9 Å². The van der Waals surface area contributed by atoms with E-state index in [-0.39, 0.29) is 22.8 Å². The quantitative estimate of drug-likeness (QED) is 0.211. The fourth-order valence-corrected chi connectivity index (χ4v) is 4.85. The van der Waals surface area contributed by atoms with Crippen LogP contribution in [-0.2, 0) is 13.2 Å². The summed E-state index contributed by atoms with van der Waals surface area (Å²) in [6.07, 6.45) is -0.109. The van der Waals surface area contributed by atoms with Gasteiger partial charge in [0.05, 0.1) is 21.7 Å². The number of nitrogens with zero attached hydrogens (tertiary/aromatic N) is 4. The van der Waals surface area contributed by atoms with Crippen LogP contribution in [0.15, 0.2) is 90.1 Å². The van der Waals surface area contributed by atoms with Crippen molar-refractivity contribution in [2.45, 2.75) is 6.18 Å². The Kier molecular flexibility index (Phi) is 6.85. The zero-order valence-electron chi connectivity index (χ0n) is 22.0. The Hall–Kier alpha value is -5.23. The summed E-state index contributed by atoms with van der Waals surface area (Å²) in [5, 5.41) is 2.89. The number of aromatic nitrogens is 4. The molecule has 4 heterocycles. The minimum absolute atomic E-state index is 0.0116. The number of ether oxygens (including phenoxy) is 1. The number of anilines is 1. The van der Waals surface area contributed by atoms with Crippen LogP contribution in [0.3, 0.4) is 0 Å². The largest absolute Gasteiger partial charge is 0.453 e. The Morgan fingerprint density at radius 3 is 2.51 bits per heavy atom. The molecule has 0 aliphatic carbocycles. The van der Waals surface area contributed by atoms with Crippen LogP contribution in [0.2, 0.25) is 5.02 Å². The predicted molar refractivity (Wildman–Crippen MR) is 152 cm³/mol. The zero-order chi connectivity index (χ0) is 30.5. The molecule has 2 aromatic carbocycles. The molecule has 0 bridgehead atoms. The number of carbonyl (C=O) groups excluding carboxylic acids is 1. The lowest BCUT2D eigenvalue weighted by molar-refractivity contribution is -0.137. The summed E-state index contributed by atoms with van der Waals surface area (Å²) in [6, 6.07) is 14.4. The van der Waals surface area contributed by atoms with E-state index in [0.29, 0.717) is 28.2 Å². The number of halogens is 5. The number of benzene rings is 2. The molecule has 0 saturated carbocycles. The number of fused-ring (bicyclic) bond motifs is 2. The van der Waals surface area contributed by atoms with Gasteiger partial charge in [0.25, 0.3) is 11.5 Å². The second-order valence-electron chi connectivity index (χ2n) is 9.45. The number of nitrogens with one attached hydrogen (secondary N) is 1. The lowest BCUT2D eigenvalue weighted by Gasteiger charge is -2.15. The van der Waals surface area contributed by atoms with Gasteiger partial charge in [-0.2, -0.15) is 13.2 Å². The van der Waals surface area contributed by atoms with Gasteiger partial charge in [-0.25, -0.2) is 14.4 Å². The van der Waals surface area contributed by atoms with Crippen molar-refractivity contribution in [3.05, 3.63) is 118 Å². The van der Waals surface area contributed by atoms with Gasteiger partial charge >= 0.3 is 6.18 Å². The summed E-state index contributed by atoms with van der Waals surface area (Å²) in [5.41, 5.74) is -2.03. The smallest absolute Gasteiger partial charge is 0.417 e. The molecule has 0 radical (unpaired) electrons. The third-order valence-corrected chi connectivity index (χ3v) is 6.99. The molecule has 6 rings (SSSR count).